The van der Waals surface area contributed by atoms with E-state index in [1.54, 1.807) is 0 Å². The number of rotatable bonds is 6. The van der Waals surface area contributed by atoms with Crippen molar-refractivity contribution in [3.8, 4) is 5.75 Å². The van der Waals surface area contributed by atoms with Crippen LogP contribution in [-0.2, 0) is 0 Å². The normalized spacial score (nSPS) is 10.3. The highest BCUT2D eigenvalue weighted by Gasteiger charge is 2.02. The topological polar surface area (TPSA) is 21.3 Å². The Morgan fingerprint density at radius 3 is 2.73 bits per heavy atom. The molecule has 1 N–H and O–H groups in total. The molecule has 84 valence electrons. The van der Waals surface area contributed by atoms with Crippen LogP contribution in [0.5, 0.6) is 5.75 Å². The molecule has 0 aromatic heterocycles. The van der Waals surface area contributed by atoms with Crippen LogP contribution in [0.3, 0.4) is 0 Å². The van der Waals surface area contributed by atoms with Crippen molar-refractivity contribution in [2.24, 2.45) is 0 Å². The summed E-state index contributed by atoms with van der Waals surface area (Å²) in [6.45, 7) is 4.31. The Labute approximate surface area is 88.3 Å². The molecule has 0 unspecified atom stereocenters. The molecule has 0 bridgehead atoms. The highest BCUT2D eigenvalue weighted by Crippen LogP contribution is 2.15. The molecule has 0 atom stereocenters. The minimum Gasteiger partial charge on any atom is -0.493 e. The van der Waals surface area contributed by atoms with E-state index in [4.69, 9.17) is 4.74 Å². The van der Waals surface area contributed by atoms with Crippen molar-refractivity contribution < 1.29 is 13.5 Å². The summed E-state index contributed by atoms with van der Waals surface area (Å²) in [5, 5.41) is 3.14. The molecule has 0 aliphatic heterocycles. The third kappa shape index (κ3) is 4.25. The number of ether oxygens (including phenoxy) is 1. The molecule has 0 spiro atoms. The summed E-state index contributed by atoms with van der Waals surface area (Å²) in [6.07, 6.45) is 0.840. The minimum absolute atomic E-state index is 0.366. The number of nitrogens with one attached hydrogen (secondary N) is 1. The standard InChI is InChI=1S/C11H15F2NO/c1-2-14-6-3-7-15-9-4-5-10(12)11(13)8-9/h4-5,8,14H,2-3,6-7H2,1H3. The van der Waals surface area contributed by atoms with Gasteiger partial charge >= 0.3 is 0 Å². The quantitative estimate of drug-likeness (QED) is 0.735. The van der Waals surface area contributed by atoms with E-state index >= 15 is 0 Å². The van der Waals surface area contributed by atoms with Crippen LogP contribution in [0.1, 0.15) is 13.3 Å². The highest BCUT2D eigenvalue weighted by atomic mass is 19.2. The van der Waals surface area contributed by atoms with Gasteiger partial charge in [0.1, 0.15) is 5.75 Å². The van der Waals surface area contributed by atoms with Crippen molar-refractivity contribution in [1.82, 2.24) is 5.32 Å². The summed E-state index contributed by atoms with van der Waals surface area (Å²) >= 11 is 0. The molecular formula is C11H15F2NO. The Bertz CT molecular complexity index is 305. The second kappa shape index (κ2) is 6.35. The van der Waals surface area contributed by atoms with E-state index < -0.39 is 11.6 Å². The van der Waals surface area contributed by atoms with Crippen molar-refractivity contribution in [1.29, 1.82) is 0 Å². The average molecular weight is 215 g/mol. The van der Waals surface area contributed by atoms with Gasteiger partial charge in [0.15, 0.2) is 11.6 Å². The van der Waals surface area contributed by atoms with Gasteiger partial charge in [-0.15, -0.1) is 0 Å². The van der Waals surface area contributed by atoms with Crippen molar-refractivity contribution in [3.05, 3.63) is 29.8 Å². The lowest BCUT2D eigenvalue weighted by Crippen LogP contribution is -2.16. The highest BCUT2D eigenvalue weighted by molar-refractivity contribution is 5.23. The zero-order chi connectivity index (χ0) is 11.1. The van der Waals surface area contributed by atoms with E-state index in [9.17, 15) is 8.78 Å². The Morgan fingerprint density at radius 2 is 2.07 bits per heavy atom. The number of halogens is 2. The Hall–Kier alpha value is -1.16. The predicted octanol–water partition coefficient (Wildman–Crippen LogP) is 2.34. The van der Waals surface area contributed by atoms with Crippen LogP contribution >= 0.6 is 0 Å². The minimum atomic E-state index is -0.876. The molecule has 15 heavy (non-hydrogen) atoms. The first-order chi connectivity index (χ1) is 7.24. The molecule has 1 aromatic rings. The maximum atomic E-state index is 12.7. The molecule has 2 nitrogen and oxygen atoms in total. The van der Waals surface area contributed by atoms with Crippen molar-refractivity contribution in [3.63, 3.8) is 0 Å². The van der Waals surface area contributed by atoms with E-state index in [0.717, 1.165) is 31.6 Å². The van der Waals surface area contributed by atoms with Gasteiger partial charge in [-0.1, -0.05) is 6.92 Å². The van der Waals surface area contributed by atoms with Crippen LogP contribution in [0.25, 0.3) is 0 Å². The van der Waals surface area contributed by atoms with E-state index in [-0.39, 0.29) is 0 Å². The lowest BCUT2D eigenvalue weighted by Gasteiger charge is -2.06. The first kappa shape index (κ1) is 11.9. The van der Waals surface area contributed by atoms with Gasteiger partial charge in [-0.3, -0.25) is 0 Å². The molecule has 0 fully saturated rings. The SMILES string of the molecule is CCNCCCOc1ccc(F)c(F)c1. The molecule has 1 rings (SSSR count). The number of hydrogen-bond acceptors (Lipinski definition) is 2. The van der Waals surface area contributed by atoms with Crippen molar-refractivity contribution in [2.75, 3.05) is 19.7 Å². The molecular weight excluding hydrogens is 200 g/mol. The Morgan fingerprint density at radius 1 is 1.27 bits per heavy atom. The van der Waals surface area contributed by atoms with Gasteiger partial charge in [-0.25, -0.2) is 8.78 Å². The van der Waals surface area contributed by atoms with Crippen LogP contribution in [-0.4, -0.2) is 19.7 Å². The van der Waals surface area contributed by atoms with Gasteiger partial charge < -0.3 is 10.1 Å². The molecule has 0 amide bonds. The zero-order valence-corrected chi connectivity index (χ0v) is 8.72. The summed E-state index contributed by atoms with van der Waals surface area (Å²) in [6, 6.07) is 3.54. The fourth-order valence-electron chi connectivity index (χ4n) is 1.13. The Balaban J connectivity index is 2.28. The van der Waals surface area contributed by atoms with Crippen LogP contribution in [0.15, 0.2) is 18.2 Å². The van der Waals surface area contributed by atoms with Crippen LogP contribution in [0, 0.1) is 11.6 Å². The van der Waals surface area contributed by atoms with Crippen LogP contribution in [0.2, 0.25) is 0 Å². The van der Waals surface area contributed by atoms with E-state index in [2.05, 4.69) is 5.32 Å². The smallest absolute Gasteiger partial charge is 0.162 e. The van der Waals surface area contributed by atoms with E-state index in [1.165, 1.54) is 6.07 Å². The predicted molar refractivity (Wildman–Crippen MR) is 55.0 cm³/mol. The first-order valence-electron chi connectivity index (χ1n) is 5.02. The largest absolute Gasteiger partial charge is 0.493 e. The summed E-state index contributed by atoms with van der Waals surface area (Å²) in [7, 11) is 0. The molecule has 0 heterocycles. The Kier molecular flexibility index (Phi) is 5.04. The summed E-state index contributed by atoms with van der Waals surface area (Å²) in [5.41, 5.74) is 0. The van der Waals surface area contributed by atoms with Crippen LogP contribution in [0.4, 0.5) is 8.78 Å². The first-order valence-corrected chi connectivity index (χ1v) is 5.02. The lowest BCUT2D eigenvalue weighted by atomic mass is 10.3. The second-order valence-corrected chi connectivity index (χ2v) is 3.13. The van der Waals surface area contributed by atoms with E-state index in [0.29, 0.717) is 12.4 Å². The lowest BCUT2D eigenvalue weighted by molar-refractivity contribution is 0.306. The maximum Gasteiger partial charge on any atom is 0.162 e. The third-order valence-corrected chi connectivity index (χ3v) is 1.91. The molecule has 4 heteroatoms. The molecule has 0 saturated carbocycles. The molecule has 0 aliphatic rings. The zero-order valence-electron chi connectivity index (χ0n) is 8.72. The average Bonchev–Trinajstić information content (AvgIpc) is 2.23. The van der Waals surface area contributed by atoms with Gasteiger partial charge in [0.25, 0.3) is 0 Å². The van der Waals surface area contributed by atoms with Crippen molar-refractivity contribution >= 4 is 0 Å². The molecule has 1 aromatic carbocycles. The van der Waals surface area contributed by atoms with Gasteiger partial charge in [0.05, 0.1) is 6.61 Å². The number of benzene rings is 1. The maximum absolute atomic E-state index is 12.7. The van der Waals surface area contributed by atoms with Gasteiger partial charge in [0, 0.05) is 6.07 Å². The molecule has 0 radical (unpaired) electrons. The third-order valence-electron chi connectivity index (χ3n) is 1.91. The summed E-state index contributed by atoms with van der Waals surface area (Å²) in [5.74, 6) is -1.36. The van der Waals surface area contributed by atoms with Crippen molar-refractivity contribution in [2.45, 2.75) is 13.3 Å². The molecule has 0 aliphatic carbocycles. The van der Waals surface area contributed by atoms with Gasteiger partial charge in [0.2, 0.25) is 0 Å². The van der Waals surface area contributed by atoms with Gasteiger partial charge in [-0.2, -0.15) is 0 Å². The monoisotopic (exact) mass is 215 g/mol. The number of hydrogen-bond donors (Lipinski definition) is 1. The summed E-state index contributed by atoms with van der Waals surface area (Å²) in [4.78, 5) is 0. The summed E-state index contributed by atoms with van der Waals surface area (Å²) < 4.78 is 30.5. The second-order valence-electron chi connectivity index (χ2n) is 3.13. The molecule has 0 saturated heterocycles. The van der Waals surface area contributed by atoms with Crippen LogP contribution < -0.4 is 10.1 Å². The van der Waals surface area contributed by atoms with E-state index in [1.807, 2.05) is 6.92 Å². The fourth-order valence-corrected chi connectivity index (χ4v) is 1.13. The van der Waals surface area contributed by atoms with Gasteiger partial charge in [-0.05, 0) is 31.6 Å². The fraction of sp³-hybridized carbons (Fsp3) is 0.455.